The molecule has 1 aromatic rings. The summed E-state index contributed by atoms with van der Waals surface area (Å²) < 4.78 is 18.0. The first-order valence-corrected chi connectivity index (χ1v) is 4.75. The molecule has 0 spiro atoms. The predicted octanol–water partition coefficient (Wildman–Crippen LogP) is 2.79. The standard InChI is InChI=1S/C12H13FO2/c1-3-15-12(14)9(2)8-10-6-4-5-7-11(10)13/h4-8H,3H2,1-2H3/b9-8+. The molecular formula is C12H13FO2. The third kappa shape index (κ3) is 3.20. The van der Waals surface area contributed by atoms with Gasteiger partial charge in [-0.15, -0.1) is 0 Å². The SMILES string of the molecule is CCOC(=O)/C(C)=C/c1ccccc1F. The molecule has 0 aliphatic rings. The van der Waals surface area contributed by atoms with Crippen molar-refractivity contribution in [3.8, 4) is 0 Å². The maximum absolute atomic E-state index is 13.2. The normalized spacial score (nSPS) is 11.3. The Balaban J connectivity index is 2.88. The van der Waals surface area contributed by atoms with E-state index < -0.39 is 5.97 Å². The largest absolute Gasteiger partial charge is 0.463 e. The van der Waals surface area contributed by atoms with E-state index in [0.29, 0.717) is 17.7 Å². The zero-order chi connectivity index (χ0) is 11.3. The molecule has 80 valence electrons. The van der Waals surface area contributed by atoms with Crippen LogP contribution in [0.5, 0.6) is 0 Å². The Morgan fingerprint density at radius 2 is 2.13 bits per heavy atom. The highest BCUT2D eigenvalue weighted by Gasteiger charge is 2.05. The van der Waals surface area contributed by atoms with Crippen LogP contribution >= 0.6 is 0 Å². The summed E-state index contributed by atoms with van der Waals surface area (Å²) in [6, 6.07) is 6.28. The van der Waals surface area contributed by atoms with Crippen molar-refractivity contribution in [1.29, 1.82) is 0 Å². The molecule has 1 aromatic carbocycles. The summed E-state index contributed by atoms with van der Waals surface area (Å²) in [5.74, 6) is -0.762. The van der Waals surface area contributed by atoms with Gasteiger partial charge >= 0.3 is 5.97 Å². The minimum absolute atomic E-state index is 0.321. The Hall–Kier alpha value is -1.64. The summed E-state index contributed by atoms with van der Waals surface area (Å²) in [5, 5.41) is 0. The maximum Gasteiger partial charge on any atom is 0.333 e. The van der Waals surface area contributed by atoms with E-state index in [0.717, 1.165) is 0 Å². The van der Waals surface area contributed by atoms with Crippen molar-refractivity contribution in [3.05, 3.63) is 41.2 Å². The molecule has 0 atom stereocenters. The van der Waals surface area contributed by atoms with Gasteiger partial charge in [-0.05, 0) is 26.0 Å². The second-order valence-corrected chi connectivity index (χ2v) is 3.07. The number of esters is 1. The zero-order valence-corrected chi connectivity index (χ0v) is 8.79. The Kier molecular flexibility index (Phi) is 4.03. The van der Waals surface area contributed by atoms with Crippen LogP contribution < -0.4 is 0 Å². The highest BCUT2D eigenvalue weighted by Crippen LogP contribution is 2.11. The van der Waals surface area contributed by atoms with Crippen LogP contribution in [-0.2, 0) is 9.53 Å². The van der Waals surface area contributed by atoms with E-state index >= 15 is 0 Å². The monoisotopic (exact) mass is 208 g/mol. The molecule has 0 bridgehead atoms. The van der Waals surface area contributed by atoms with Crippen LogP contribution in [-0.4, -0.2) is 12.6 Å². The van der Waals surface area contributed by atoms with Crippen LogP contribution in [0.3, 0.4) is 0 Å². The van der Waals surface area contributed by atoms with Gasteiger partial charge in [0, 0.05) is 11.1 Å². The Morgan fingerprint density at radius 1 is 1.47 bits per heavy atom. The second-order valence-electron chi connectivity index (χ2n) is 3.07. The van der Waals surface area contributed by atoms with Gasteiger partial charge in [0.25, 0.3) is 0 Å². The molecule has 0 heterocycles. The topological polar surface area (TPSA) is 26.3 Å². The van der Waals surface area contributed by atoms with Gasteiger partial charge in [-0.25, -0.2) is 9.18 Å². The molecule has 0 aromatic heterocycles. The molecule has 1 rings (SSSR count). The molecular weight excluding hydrogens is 195 g/mol. The van der Waals surface area contributed by atoms with Gasteiger partial charge in [-0.1, -0.05) is 18.2 Å². The molecule has 2 nitrogen and oxygen atoms in total. The van der Waals surface area contributed by atoms with Gasteiger partial charge in [0.15, 0.2) is 0 Å². The van der Waals surface area contributed by atoms with E-state index in [1.165, 1.54) is 12.1 Å². The van der Waals surface area contributed by atoms with Gasteiger partial charge in [0.1, 0.15) is 5.82 Å². The summed E-state index contributed by atoms with van der Waals surface area (Å²) >= 11 is 0. The molecule has 15 heavy (non-hydrogen) atoms. The van der Waals surface area contributed by atoms with Crippen molar-refractivity contribution in [2.45, 2.75) is 13.8 Å². The third-order valence-electron chi connectivity index (χ3n) is 1.87. The Morgan fingerprint density at radius 3 is 2.73 bits per heavy atom. The molecule has 0 aliphatic carbocycles. The van der Waals surface area contributed by atoms with Crippen molar-refractivity contribution in [2.75, 3.05) is 6.61 Å². The van der Waals surface area contributed by atoms with Crippen molar-refractivity contribution in [2.24, 2.45) is 0 Å². The fraction of sp³-hybridized carbons (Fsp3) is 0.250. The van der Waals surface area contributed by atoms with Gasteiger partial charge in [0.2, 0.25) is 0 Å². The molecule has 0 saturated heterocycles. The zero-order valence-electron chi connectivity index (χ0n) is 8.79. The van der Waals surface area contributed by atoms with Crippen molar-refractivity contribution in [3.63, 3.8) is 0 Å². The van der Waals surface area contributed by atoms with E-state index in [-0.39, 0.29) is 5.82 Å². The smallest absolute Gasteiger partial charge is 0.333 e. The van der Waals surface area contributed by atoms with Crippen molar-refractivity contribution >= 4 is 12.0 Å². The van der Waals surface area contributed by atoms with E-state index in [4.69, 9.17) is 4.74 Å². The molecule has 0 fully saturated rings. The van der Waals surface area contributed by atoms with E-state index in [2.05, 4.69) is 0 Å². The molecule has 0 saturated carbocycles. The lowest BCUT2D eigenvalue weighted by atomic mass is 10.1. The number of carbonyl (C=O) groups excluding carboxylic acids is 1. The molecule has 0 aliphatic heterocycles. The summed E-state index contributed by atoms with van der Waals surface area (Å²) in [6.07, 6.45) is 1.48. The molecule has 0 radical (unpaired) electrons. The van der Waals surface area contributed by atoms with Crippen LogP contribution in [0.1, 0.15) is 19.4 Å². The first-order chi connectivity index (χ1) is 7.15. The molecule has 3 heteroatoms. The number of benzene rings is 1. The quantitative estimate of drug-likeness (QED) is 0.564. The predicted molar refractivity (Wildman–Crippen MR) is 56.7 cm³/mol. The fourth-order valence-electron chi connectivity index (χ4n) is 1.13. The fourth-order valence-corrected chi connectivity index (χ4v) is 1.13. The number of carbonyl (C=O) groups is 1. The Bertz CT molecular complexity index is 383. The number of hydrogen-bond donors (Lipinski definition) is 0. The highest BCUT2D eigenvalue weighted by atomic mass is 19.1. The van der Waals surface area contributed by atoms with Crippen molar-refractivity contribution < 1.29 is 13.9 Å². The lowest BCUT2D eigenvalue weighted by Crippen LogP contribution is -2.04. The minimum atomic E-state index is -0.416. The van der Waals surface area contributed by atoms with E-state index in [9.17, 15) is 9.18 Å². The average Bonchev–Trinajstić information content (AvgIpc) is 2.21. The third-order valence-corrected chi connectivity index (χ3v) is 1.87. The van der Waals surface area contributed by atoms with Gasteiger partial charge in [-0.3, -0.25) is 0 Å². The first kappa shape index (κ1) is 11.4. The number of ether oxygens (including phenoxy) is 1. The lowest BCUT2D eigenvalue weighted by Gasteiger charge is -2.02. The number of halogens is 1. The van der Waals surface area contributed by atoms with E-state index in [1.807, 2.05) is 0 Å². The van der Waals surface area contributed by atoms with Gasteiger partial charge in [0.05, 0.1) is 6.61 Å². The average molecular weight is 208 g/mol. The Labute approximate surface area is 88.4 Å². The van der Waals surface area contributed by atoms with Gasteiger partial charge < -0.3 is 4.74 Å². The molecule has 0 unspecified atom stereocenters. The number of hydrogen-bond acceptors (Lipinski definition) is 2. The maximum atomic E-state index is 13.2. The van der Waals surface area contributed by atoms with Crippen LogP contribution in [0.4, 0.5) is 4.39 Å². The molecule has 0 N–H and O–H groups in total. The minimum Gasteiger partial charge on any atom is -0.463 e. The summed E-state index contributed by atoms with van der Waals surface area (Å²) in [7, 11) is 0. The summed E-state index contributed by atoms with van der Waals surface area (Å²) in [4.78, 5) is 11.2. The first-order valence-electron chi connectivity index (χ1n) is 4.75. The van der Waals surface area contributed by atoms with Crippen LogP contribution in [0.2, 0.25) is 0 Å². The molecule has 0 amide bonds. The van der Waals surface area contributed by atoms with Crippen molar-refractivity contribution in [1.82, 2.24) is 0 Å². The van der Waals surface area contributed by atoms with Crippen LogP contribution in [0, 0.1) is 5.82 Å². The second kappa shape index (κ2) is 5.29. The highest BCUT2D eigenvalue weighted by molar-refractivity contribution is 5.92. The van der Waals surface area contributed by atoms with Crippen LogP contribution in [0.25, 0.3) is 6.08 Å². The lowest BCUT2D eigenvalue weighted by molar-refractivity contribution is -0.138. The van der Waals surface area contributed by atoms with E-state index in [1.54, 1.807) is 32.0 Å². The summed E-state index contributed by atoms with van der Waals surface area (Å²) in [5.41, 5.74) is 0.782. The van der Waals surface area contributed by atoms with Gasteiger partial charge in [-0.2, -0.15) is 0 Å². The van der Waals surface area contributed by atoms with Crippen LogP contribution in [0.15, 0.2) is 29.8 Å². The summed E-state index contributed by atoms with van der Waals surface area (Å²) in [6.45, 7) is 3.65. The number of rotatable bonds is 3.